The summed E-state index contributed by atoms with van der Waals surface area (Å²) < 4.78 is 6.77. The van der Waals surface area contributed by atoms with E-state index in [4.69, 9.17) is 4.74 Å². The van der Waals surface area contributed by atoms with Gasteiger partial charge in [-0.2, -0.15) is 0 Å². The predicted molar refractivity (Wildman–Crippen MR) is 163 cm³/mol. The number of likely N-dealkylation sites (tertiary alicyclic amines) is 1. The zero-order chi connectivity index (χ0) is 30.4. The lowest BCUT2D eigenvalue weighted by atomic mass is 9.66. The lowest BCUT2D eigenvalue weighted by molar-refractivity contribution is -0.148. The Balaban J connectivity index is 1.38. The molecule has 3 fully saturated rings. The van der Waals surface area contributed by atoms with Gasteiger partial charge < -0.3 is 25.4 Å². The zero-order valence-corrected chi connectivity index (χ0v) is 24.9. The minimum atomic E-state index is -1.19. The molecule has 0 saturated carbocycles. The highest BCUT2D eigenvalue weighted by Gasteiger charge is 2.78. The van der Waals surface area contributed by atoms with Gasteiger partial charge in [-0.15, -0.1) is 0 Å². The monoisotopic (exact) mass is 581 g/mol. The minimum Gasteiger partial charge on any atom is -0.394 e. The van der Waals surface area contributed by atoms with Crippen LogP contribution in [0.3, 0.4) is 0 Å². The number of nitrogens with one attached hydrogen (secondary N) is 2. The van der Waals surface area contributed by atoms with Crippen molar-refractivity contribution in [3.05, 3.63) is 101 Å². The molecule has 6 rings (SSSR count). The summed E-state index contributed by atoms with van der Waals surface area (Å²) in [5.74, 6) is -2.56. The average Bonchev–Trinajstić information content (AvgIpc) is 3.58. The van der Waals surface area contributed by atoms with E-state index < -0.39 is 35.1 Å². The van der Waals surface area contributed by atoms with Crippen LogP contribution < -0.4 is 10.6 Å². The van der Waals surface area contributed by atoms with Gasteiger partial charge in [-0.05, 0) is 62.3 Å². The van der Waals surface area contributed by atoms with Crippen molar-refractivity contribution in [2.45, 2.75) is 69.9 Å². The van der Waals surface area contributed by atoms with Gasteiger partial charge in [-0.1, -0.05) is 78.9 Å². The number of nitrogens with zero attached hydrogens (tertiary/aromatic N) is 1. The molecule has 1 spiro atoms. The number of aliphatic hydroxyl groups is 1. The summed E-state index contributed by atoms with van der Waals surface area (Å²) in [6.07, 6.45) is 1.37. The van der Waals surface area contributed by atoms with Crippen molar-refractivity contribution in [2.75, 3.05) is 11.9 Å². The third kappa shape index (κ3) is 4.92. The van der Waals surface area contributed by atoms with Crippen molar-refractivity contribution in [2.24, 2.45) is 11.8 Å². The highest BCUT2D eigenvalue weighted by atomic mass is 16.5. The SMILES string of the molecule is Cc1cccc(C)c1NC(=O)C1N([C@@H](CO)Cc2ccccc2)C(=O)[C@@H]2[C@@H](C(=O)NCc3ccccc3)[C@@]3(C)CCC12O3. The van der Waals surface area contributed by atoms with E-state index in [1.807, 2.05) is 99.6 Å². The molecular formula is C35H39N3O5. The number of ether oxygens (including phenoxy) is 1. The maximum Gasteiger partial charge on any atom is 0.250 e. The molecule has 3 aliphatic rings. The predicted octanol–water partition coefficient (Wildman–Crippen LogP) is 3.93. The number of benzene rings is 3. The van der Waals surface area contributed by atoms with Gasteiger partial charge in [0.05, 0.1) is 30.1 Å². The second-order valence-electron chi connectivity index (χ2n) is 12.5. The first-order valence-corrected chi connectivity index (χ1v) is 15.0. The molecule has 0 aliphatic carbocycles. The Labute approximate surface area is 252 Å². The average molecular weight is 582 g/mol. The van der Waals surface area contributed by atoms with Crippen LogP contribution in [-0.2, 0) is 32.1 Å². The van der Waals surface area contributed by atoms with Crippen LogP contribution in [-0.4, -0.2) is 57.6 Å². The number of aliphatic hydroxyl groups excluding tert-OH is 1. The summed E-state index contributed by atoms with van der Waals surface area (Å²) in [4.78, 5) is 44.4. The molecule has 3 heterocycles. The third-order valence-corrected chi connectivity index (χ3v) is 9.70. The molecule has 2 bridgehead atoms. The quantitative estimate of drug-likeness (QED) is 0.355. The van der Waals surface area contributed by atoms with Gasteiger partial charge in [0, 0.05) is 12.2 Å². The highest BCUT2D eigenvalue weighted by molar-refractivity contribution is 6.04. The summed E-state index contributed by atoms with van der Waals surface area (Å²) >= 11 is 0. The fourth-order valence-corrected chi connectivity index (χ4v) is 7.69. The molecule has 8 nitrogen and oxygen atoms in total. The molecule has 6 atom stereocenters. The molecule has 3 aromatic carbocycles. The standard InChI is InChI=1S/C35H39N3O5/c1-22-11-10-12-23(2)29(22)37-32(41)30-35-18-17-34(3,43-35)27(31(40)36-20-25-15-8-5-9-16-25)28(35)33(42)38(30)26(21-39)19-24-13-6-4-7-14-24/h4-16,26-28,30,39H,17-21H2,1-3H3,(H,36,40)(H,37,41)/t26-,27+,28+,30?,34-,35?/m1/s1. The second kappa shape index (κ2) is 11.2. The van der Waals surface area contributed by atoms with E-state index in [1.54, 1.807) is 0 Å². The number of fused-ring (bicyclic) bond motifs is 1. The molecule has 0 aromatic heterocycles. The van der Waals surface area contributed by atoms with Crippen LogP contribution in [0.4, 0.5) is 5.69 Å². The number of anilines is 1. The maximum absolute atomic E-state index is 14.6. The van der Waals surface area contributed by atoms with E-state index in [0.29, 0.717) is 31.5 Å². The maximum atomic E-state index is 14.6. The van der Waals surface area contributed by atoms with Crippen LogP contribution in [0.25, 0.3) is 0 Å². The van der Waals surface area contributed by atoms with Crippen LogP contribution in [0.1, 0.15) is 42.0 Å². The Kier molecular flexibility index (Phi) is 7.60. The fourth-order valence-electron chi connectivity index (χ4n) is 7.69. The smallest absolute Gasteiger partial charge is 0.250 e. The Morgan fingerprint density at radius 2 is 1.56 bits per heavy atom. The van der Waals surface area contributed by atoms with Crippen LogP contribution in [0.2, 0.25) is 0 Å². The van der Waals surface area contributed by atoms with Crippen molar-refractivity contribution in [3.63, 3.8) is 0 Å². The van der Waals surface area contributed by atoms with Crippen LogP contribution in [0.15, 0.2) is 78.9 Å². The number of rotatable bonds is 9. The van der Waals surface area contributed by atoms with E-state index >= 15 is 0 Å². The largest absolute Gasteiger partial charge is 0.394 e. The third-order valence-electron chi connectivity index (χ3n) is 9.70. The van der Waals surface area contributed by atoms with Crippen molar-refractivity contribution in [1.82, 2.24) is 10.2 Å². The number of amides is 3. The first-order valence-electron chi connectivity index (χ1n) is 15.0. The van der Waals surface area contributed by atoms with E-state index in [9.17, 15) is 19.5 Å². The van der Waals surface area contributed by atoms with E-state index in [2.05, 4.69) is 10.6 Å². The summed E-state index contributed by atoms with van der Waals surface area (Å²) in [5, 5.41) is 16.8. The molecule has 224 valence electrons. The van der Waals surface area contributed by atoms with Crippen molar-refractivity contribution in [3.8, 4) is 0 Å². The molecule has 0 radical (unpaired) electrons. The van der Waals surface area contributed by atoms with Gasteiger partial charge in [0.15, 0.2) is 0 Å². The van der Waals surface area contributed by atoms with Crippen molar-refractivity contribution >= 4 is 23.4 Å². The summed E-state index contributed by atoms with van der Waals surface area (Å²) in [6.45, 7) is 5.74. The summed E-state index contributed by atoms with van der Waals surface area (Å²) in [7, 11) is 0. The molecule has 3 N–H and O–H groups in total. The first kappa shape index (κ1) is 29.1. The van der Waals surface area contributed by atoms with Gasteiger partial charge in [0.1, 0.15) is 11.6 Å². The van der Waals surface area contributed by atoms with Gasteiger partial charge in [-0.25, -0.2) is 0 Å². The number of aryl methyl sites for hydroxylation is 2. The molecule has 2 unspecified atom stereocenters. The molecule has 8 heteroatoms. The van der Waals surface area contributed by atoms with Crippen molar-refractivity contribution in [1.29, 1.82) is 0 Å². The molecule has 3 saturated heterocycles. The number of carbonyl (C=O) groups excluding carboxylic acids is 3. The summed E-state index contributed by atoms with van der Waals surface area (Å²) in [6, 6.07) is 23.3. The number of carbonyl (C=O) groups is 3. The number of hydrogen-bond donors (Lipinski definition) is 3. The Hall–Kier alpha value is -4.01. The van der Waals surface area contributed by atoms with Gasteiger partial charge >= 0.3 is 0 Å². The lowest BCUT2D eigenvalue weighted by Crippen LogP contribution is -2.57. The molecule has 43 heavy (non-hydrogen) atoms. The highest BCUT2D eigenvalue weighted by Crippen LogP contribution is 2.63. The second-order valence-corrected chi connectivity index (χ2v) is 12.5. The van der Waals surface area contributed by atoms with Gasteiger partial charge in [-0.3, -0.25) is 14.4 Å². The van der Waals surface area contributed by atoms with Gasteiger partial charge in [0.2, 0.25) is 17.7 Å². The summed E-state index contributed by atoms with van der Waals surface area (Å²) in [5.41, 5.74) is 2.31. The topological polar surface area (TPSA) is 108 Å². The van der Waals surface area contributed by atoms with Crippen LogP contribution >= 0.6 is 0 Å². The Morgan fingerprint density at radius 3 is 2.19 bits per heavy atom. The van der Waals surface area contributed by atoms with E-state index in [0.717, 1.165) is 22.3 Å². The fraction of sp³-hybridized carbons (Fsp3) is 0.400. The minimum absolute atomic E-state index is 0.259. The van der Waals surface area contributed by atoms with Crippen LogP contribution in [0.5, 0.6) is 0 Å². The lowest BCUT2D eigenvalue weighted by Gasteiger charge is -2.37. The van der Waals surface area contributed by atoms with E-state index in [1.165, 1.54) is 4.90 Å². The van der Waals surface area contributed by atoms with Gasteiger partial charge in [0.25, 0.3) is 0 Å². The molecule has 3 aromatic rings. The van der Waals surface area contributed by atoms with E-state index in [-0.39, 0.29) is 24.3 Å². The molecule has 3 aliphatic heterocycles. The zero-order valence-electron chi connectivity index (χ0n) is 24.9. The Morgan fingerprint density at radius 1 is 0.930 bits per heavy atom. The molecule has 3 amide bonds. The molecular weight excluding hydrogens is 542 g/mol. The first-order chi connectivity index (χ1) is 20.7. The Bertz CT molecular complexity index is 1510. The van der Waals surface area contributed by atoms with Crippen LogP contribution in [0, 0.1) is 25.7 Å². The number of hydrogen-bond acceptors (Lipinski definition) is 5. The normalized spacial score (nSPS) is 28.0. The number of para-hydroxylation sites is 1. The van der Waals surface area contributed by atoms with Crippen molar-refractivity contribution < 1.29 is 24.2 Å².